The van der Waals surface area contributed by atoms with Gasteiger partial charge in [0.05, 0.1) is 36.6 Å². The number of ether oxygens (including phenoxy) is 2. The van der Waals surface area contributed by atoms with Crippen molar-refractivity contribution < 1.29 is 33.8 Å². The molecule has 10 heteroatoms. The maximum Gasteiger partial charge on any atom is 0.313 e. The number of likely N-dealkylation sites (tertiary alicyclic amines) is 1. The second-order valence-electron chi connectivity index (χ2n) is 14.5. The molecular weight excluding hydrogens is 622 g/mol. The zero-order chi connectivity index (χ0) is 35.3. The lowest BCUT2D eigenvalue weighted by Crippen LogP contribution is -2.61. The van der Waals surface area contributed by atoms with Crippen molar-refractivity contribution >= 4 is 23.7 Å². The van der Waals surface area contributed by atoms with E-state index in [-0.39, 0.29) is 42.7 Å². The number of hydrogen-bond acceptors (Lipinski definition) is 7. The van der Waals surface area contributed by atoms with Gasteiger partial charge in [-0.25, -0.2) is 0 Å². The molecular formula is C39H55N3O7. The van der Waals surface area contributed by atoms with Crippen LogP contribution in [0.15, 0.2) is 55.6 Å². The van der Waals surface area contributed by atoms with Crippen molar-refractivity contribution in [1.29, 1.82) is 0 Å². The molecule has 1 aromatic carbocycles. The van der Waals surface area contributed by atoms with Gasteiger partial charge in [-0.15, -0.1) is 13.2 Å². The number of nitrogens with zero attached hydrogens (tertiary/aromatic N) is 2. The Morgan fingerprint density at radius 2 is 1.84 bits per heavy atom. The van der Waals surface area contributed by atoms with E-state index < -0.39 is 53.7 Å². The molecule has 0 aromatic heterocycles. The smallest absolute Gasteiger partial charge is 0.313 e. The van der Waals surface area contributed by atoms with Gasteiger partial charge >= 0.3 is 5.97 Å². The van der Waals surface area contributed by atoms with E-state index in [9.17, 15) is 24.3 Å². The predicted octanol–water partition coefficient (Wildman–Crippen LogP) is 4.87. The molecule has 9 atom stereocenters. The summed E-state index contributed by atoms with van der Waals surface area (Å²) in [5, 5.41) is 13.7. The number of rotatable bonds is 16. The fraction of sp³-hybridized carbons (Fsp3) is 0.641. The topological polar surface area (TPSA) is 125 Å². The molecule has 3 aliphatic heterocycles. The van der Waals surface area contributed by atoms with E-state index in [0.717, 1.165) is 32.1 Å². The summed E-state index contributed by atoms with van der Waals surface area (Å²) < 4.78 is 13.0. The fourth-order valence-corrected chi connectivity index (χ4v) is 8.86. The second-order valence-corrected chi connectivity index (χ2v) is 14.5. The Hall–Kier alpha value is -3.50. The van der Waals surface area contributed by atoms with Crippen LogP contribution in [-0.2, 0) is 28.7 Å². The number of aliphatic hydroxyl groups is 1. The van der Waals surface area contributed by atoms with Gasteiger partial charge in [0.15, 0.2) is 0 Å². The van der Waals surface area contributed by atoms with Gasteiger partial charge in [0.1, 0.15) is 17.7 Å². The highest BCUT2D eigenvalue weighted by Crippen LogP contribution is 2.60. The zero-order valence-corrected chi connectivity index (χ0v) is 29.4. The standard InChI is InChI=1S/C39H55N3O7/c1-6-9-20-31(44)40-26(5)34(27-16-12-10-13-17-27)48-38(47)32-30-21-22-39(49-30)33(32)36(45)42(29(24-43)25(4)8-3)35(39)37(46)41(23-7-2)28-18-14-11-15-19-28/h6-7,10,12-13,16-17,25-26,28-30,32-35,43H,1-2,8-9,11,14-15,18-24H2,3-5H3,(H,40,44)/t25-,26-,29-,30-,32+,33+,34-,35-,39+/m0/s1. The Kier molecular flexibility index (Phi) is 12.0. The fourth-order valence-electron chi connectivity index (χ4n) is 8.86. The summed E-state index contributed by atoms with van der Waals surface area (Å²) in [6.07, 6.45) is 9.38. The Bertz CT molecular complexity index is 1360. The van der Waals surface area contributed by atoms with Crippen LogP contribution in [0.4, 0.5) is 0 Å². The summed E-state index contributed by atoms with van der Waals surface area (Å²) in [5.41, 5.74) is -0.507. The molecule has 1 aromatic rings. The van der Waals surface area contributed by atoms with Gasteiger partial charge in [-0.3, -0.25) is 19.2 Å². The first-order valence-electron chi connectivity index (χ1n) is 18.3. The minimum Gasteiger partial charge on any atom is -0.455 e. The first-order chi connectivity index (χ1) is 23.6. The molecule has 0 radical (unpaired) electrons. The molecule has 5 rings (SSSR count). The molecule has 4 aliphatic rings. The maximum atomic E-state index is 14.9. The van der Waals surface area contributed by atoms with Gasteiger partial charge < -0.3 is 29.7 Å². The summed E-state index contributed by atoms with van der Waals surface area (Å²) in [7, 11) is 0. The first-order valence-corrected chi connectivity index (χ1v) is 18.3. The monoisotopic (exact) mass is 677 g/mol. The number of carbonyl (C=O) groups excluding carboxylic acids is 4. The zero-order valence-electron chi connectivity index (χ0n) is 29.4. The molecule has 1 saturated carbocycles. The number of aliphatic hydroxyl groups excluding tert-OH is 1. The minimum absolute atomic E-state index is 0.0250. The molecule has 3 saturated heterocycles. The first kappa shape index (κ1) is 36.8. The Labute approximate surface area is 291 Å². The van der Waals surface area contributed by atoms with E-state index in [4.69, 9.17) is 9.47 Å². The predicted molar refractivity (Wildman–Crippen MR) is 186 cm³/mol. The van der Waals surface area contributed by atoms with E-state index in [1.165, 1.54) is 0 Å². The minimum atomic E-state index is -1.22. The van der Waals surface area contributed by atoms with E-state index in [2.05, 4.69) is 18.5 Å². The van der Waals surface area contributed by atoms with Gasteiger partial charge in [0.2, 0.25) is 17.7 Å². The lowest BCUT2D eigenvalue weighted by Gasteiger charge is -2.43. The number of allylic oxidation sites excluding steroid dienone is 1. The van der Waals surface area contributed by atoms with Crippen LogP contribution in [0.2, 0.25) is 0 Å². The number of fused-ring (bicyclic) bond motifs is 1. The normalized spacial score (nSPS) is 28.7. The van der Waals surface area contributed by atoms with Gasteiger partial charge in [-0.05, 0) is 50.5 Å². The van der Waals surface area contributed by atoms with Crippen LogP contribution in [-0.4, -0.2) is 87.6 Å². The summed E-state index contributed by atoms with van der Waals surface area (Å²) in [5.74, 6) is -3.28. The Balaban J connectivity index is 1.50. The third-order valence-corrected chi connectivity index (χ3v) is 11.5. The molecule has 2 bridgehead atoms. The van der Waals surface area contributed by atoms with Gasteiger partial charge in [-0.1, -0.05) is 82.0 Å². The van der Waals surface area contributed by atoms with Crippen molar-refractivity contribution in [3.8, 4) is 0 Å². The number of hydrogen-bond donors (Lipinski definition) is 2. The van der Waals surface area contributed by atoms with E-state index >= 15 is 0 Å². The molecule has 4 fully saturated rings. The van der Waals surface area contributed by atoms with Crippen molar-refractivity contribution in [3.05, 3.63) is 61.2 Å². The highest BCUT2D eigenvalue weighted by Gasteiger charge is 2.76. The van der Waals surface area contributed by atoms with E-state index in [1.54, 1.807) is 24.0 Å². The number of amides is 3. The molecule has 10 nitrogen and oxygen atoms in total. The lowest BCUT2D eigenvalue weighted by atomic mass is 9.70. The number of carbonyl (C=O) groups is 4. The highest BCUT2D eigenvalue weighted by molar-refractivity contribution is 5.98. The van der Waals surface area contributed by atoms with Gasteiger partial charge in [0, 0.05) is 19.0 Å². The van der Waals surface area contributed by atoms with Crippen LogP contribution in [0.5, 0.6) is 0 Å². The molecule has 268 valence electrons. The quantitative estimate of drug-likeness (QED) is 0.189. The molecule has 3 amide bonds. The SMILES string of the molecule is C=CCCC(=O)N[C@@H](C)[C@H](OC(=O)[C@@H]1[C@@H]2CC[C@]3(O2)[C@H](C(=O)N(CC=C)C2CCCCC2)N([C@@H](CO)[C@@H](C)CC)C(=O)[C@@H]13)c1ccccc1. The van der Waals surface area contributed by atoms with Crippen molar-refractivity contribution in [2.75, 3.05) is 13.2 Å². The summed E-state index contributed by atoms with van der Waals surface area (Å²) in [6, 6.07) is 7.11. The molecule has 0 unspecified atom stereocenters. The Morgan fingerprint density at radius 3 is 2.47 bits per heavy atom. The average Bonchev–Trinajstić information content (AvgIpc) is 3.76. The van der Waals surface area contributed by atoms with Crippen molar-refractivity contribution in [2.24, 2.45) is 17.8 Å². The van der Waals surface area contributed by atoms with Crippen LogP contribution in [0.3, 0.4) is 0 Å². The lowest BCUT2D eigenvalue weighted by molar-refractivity contribution is -0.163. The van der Waals surface area contributed by atoms with Crippen LogP contribution < -0.4 is 5.32 Å². The number of nitrogens with one attached hydrogen (secondary N) is 1. The van der Waals surface area contributed by atoms with Crippen LogP contribution in [0.25, 0.3) is 0 Å². The molecule has 1 spiro atoms. The average molecular weight is 678 g/mol. The van der Waals surface area contributed by atoms with E-state index in [0.29, 0.717) is 37.8 Å². The Morgan fingerprint density at radius 1 is 1.12 bits per heavy atom. The maximum absolute atomic E-state index is 14.9. The third-order valence-electron chi connectivity index (χ3n) is 11.5. The van der Waals surface area contributed by atoms with Crippen LogP contribution in [0, 0.1) is 17.8 Å². The number of benzene rings is 1. The second kappa shape index (κ2) is 16.0. The van der Waals surface area contributed by atoms with Gasteiger partial charge in [-0.2, -0.15) is 0 Å². The molecule has 1 aliphatic carbocycles. The summed E-state index contributed by atoms with van der Waals surface area (Å²) >= 11 is 0. The van der Waals surface area contributed by atoms with Crippen molar-refractivity contribution in [1.82, 2.24) is 15.1 Å². The van der Waals surface area contributed by atoms with Crippen molar-refractivity contribution in [3.63, 3.8) is 0 Å². The largest absolute Gasteiger partial charge is 0.455 e. The van der Waals surface area contributed by atoms with Crippen LogP contribution in [0.1, 0.15) is 96.6 Å². The molecule has 2 N–H and O–H groups in total. The highest BCUT2D eigenvalue weighted by atomic mass is 16.6. The molecule has 3 heterocycles. The number of esters is 1. The van der Waals surface area contributed by atoms with E-state index in [1.807, 2.05) is 49.1 Å². The molecule has 49 heavy (non-hydrogen) atoms. The third kappa shape index (κ3) is 7.09. The summed E-state index contributed by atoms with van der Waals surface area (Å²) in [6.45, 7) is 13.4. The van der Waals surface area contributed by atoms with Crippen molar-refractivity contribution in [2.45, 2.75) is 127 Å². The van der Waals surface area contributed by atoms with Crippen LogP contribution >= 0.6 is 0 Å². The summed E-state index contributed by atoms with van der Waals surface area (Å²) in [4.78, 5) is 60.2. The van der Waals surface area contributed by atoms with Gasteiger partial charge in [0.25, 0.3) is 0 Å².